The third kappa shape index (κ3) is 4.72. The number of nitrogens with one attached hydrogen (secondary N) is 1. The molecule has 31 heavy (non-hydrogen) atoms. The van der Waals surface area contributed by atoms with Gasteiger partial charge in [-0.15, -0.1) is 5.10 Å². The molecule has 0 atom stereocenters. The van der Waals surface area contributed by atoms with Crippen molar-refractivity contribution in [3.8, 4) is 11.3 Å². The van der Waals surface area contributed by atoms with Gasteiger partial charge < -0.3 is 10.2 Å². The molecule has 7 nitrogen and oxygen atoms in total. The summed E-state index contributed by atoms with van der Waals surface area (Å²) in [4.78, 5) is 22.3. The van der Waals surface area contributed by atoms with Crippen molar-refractivity contribution < 1.29 is 9.18 Å². The molecule has 1 saturated heterocycles. The van der Waals surface area contributed by atoms with E-state index >= 15 is 0 Å². The second-order valence-electron chi connectivity index (χ2n) is 8.41. The van der Waals surface area contributed by atoms with E-state index in [9.17, 15) is 9.18 Å². The van der Waals surface area contributed by atoms with Crippen LogP contribution in [0.2, 0.25) is 0 Å². The molecule has 1 aliphatic heterocycles. The van der Waals surface area contributed by atoms with Gasteiger partial charge in [-0.3, -0.25) is 9.69 Å². The van der Waals surface area contributed by atoms with Gasteiger partial charge in [-0.05, 0) is 37.1 Å². The van der Waals surface area contributed by atoms with E-state index in [0.717, 1.165) is 60.4 Å². The van der Waals surface area contributed by atoms with E-state index in [2.05, 4.69) is 20.1 Å². The molecule has 5 rings (SSSR count). The average Bonchev–Trinajstić information content (AvgIpc) is 3.35. The van der Waals surface area contributed by atoms with Gasteiger partial charge in [0, 0.05) is 37.8 Å². The zero-order valence-corrected chi connectivity index (χ0v) is 18.3. The maximum atomic E-state index is 13.1. The number of aromatic nitrogens is 3. The fourth-order valence-electron chi connectivity index (χ4n) is 4.40. The highest BCUT2D eigenvalue weighted by Crippen LogP contribution is 2.27. The van der Waals surface area contributed by atoms with Crippen LogP contribution in [0.3, 0.4) is 0 Å². The van der Waals surface area contributed by atoms with Crippen molar-refractivity contribution in [2.75, 3.05) is 37.6 Å². The van der Waals surface area contributed by atoms with E-state index in [-0.39, 0.29) is 11.7 Å². The Balaban J connectivity index is 1.15. The van der Waals surface area contributed by atoms with Crippen LogP contribution in [0.4, 0.5) is 9.52 Å². The molecule has 0 bridgehead atoms. The van der Waals surface area contributed by atoms with Gasteiger partial charge in [0.1, 0.15) is 5.82 Å². The summed E-state index contributed by atoms with van der Waals surface area (Å²) < 4.78 is 14.9. The fraction of sp³-hybridized carbons (Fsp3) is 0.500. The number of nitrogens with zero attached hydrogens (tertiary/aromatic N) is 5. The van der Waals surface area contributed by atoms with Crippen LogP contribution in [0.1, 0.15) is 32.1 Å². The SMILES string of the molecule is O=C(CN1CCN(c2nn3cc(-c4ccc(F)cc4)nc3s2)CC1)NC1CCCCC1. The highest BCUT2D eigenvalue weighted by molar-refractivity contribution is 7.20. The molecular formula is C22H27FN6OS. The first kappa shape index (κ1) is 20.4. The van der Waals surface area contributed by atoms with E-state index in [1.54, 1.807) is 28.0 Å². The number of hydrogen-bond donors (Lipinski definition) is 1. The minimum Gasteiger partial charge on any atom is -0.352 e. The summed E-state index contributed by atoms with van der Waals surface area (Å²) >= 11 is 1.56. The number of benzene rings is 1. The van der Waals surface area contributed by atoms with Gasteiger partial charge in [-0.2, -0.15) is 0 Å². The van der Waals surface area contributed by atoms with E-state index in [4.69, 9.17) is 5.10 Å². The number of piperazine rings is 1. The van der Waals surface area contributed by atoms with Crippen molar-refractivity contribution in [2.24, 2.45) is 0 Å². The predicted molar refractivity (Wildman–Crippen MR) is 120 cm³/mol. The number of anilines is 1. The topological polar surface area (TPSA) is 65.8 Å². The van der Waals surface area contributed by atoms with Gasteiger partial charge in [0.25, 0.3) is 0 Å². The summed E-state index contributed by atoms with van der Waals surface area (Å²) in [5.74, 6) is -0.0998. The van der Waals surface area contributed by atoms with Gasteiger partial charge in [0.15, 0.2) is 0 Å². The Morgan fingerprint density at radius 3 is 2.55 bits per heavy atom. The van der Waals surface area contributed by atoms with Crippen molar-refractivity contribution in [1.29, 1.82) is 0 Å². The van der Waals surface area contributed by atoms with Gasteiger partial charge in [-0.25, -0.2) is 13.9 Å². The highest BCUT2D eigenvalue weighted by Gasteiger charge is 2.23. The Kier molecular flexibility index (Phi) is 5.87. The van der Waals surface area contributed by atoms with Crippen LogP contribution in [-0.4, -0.2) is 64.2 Å². The first-order valence-corrected chi connectivity index (χ1v) is 11.8. The molecule has 1 aromatic carbocycles. The standard InChI is InChI=1S/C22H27FN6OS/c23-17-8-6-16(7-9-17)19-14-29-21(25-19)31-22(26-29)28-12-10-27(11-13-28)15-20(30)24-18-4-2-1-3-5-18/h6-9,14,18H,1-5,10-13,15H2,(H,24,30). The van der Waals surface area contributed by atoms with E-state index < -0.39 is 0 Å². The normalized spacial score (nSPS) is 18.5. The summed E-state index contributed by atoms with van der Waals surface area (Å²) in [5.41, 5.74) is 1.67. The van der Waals surface area contributed by atoms with Crippen LogP contribution < -0.4 is 10.2 Å². The molecule has 3 aromatic rings. The molecule has 1 aliphatic carbocycles. The van der Waals surface area contributed by atoms with Crippen LogP contribution in [0.15, 0.2) is 30.5 Å². The van der Waals surface area contributed by atoms with Gasteiger partial charge >= 0.3 is 0 Å². The lowest BCUT2D eigenvalue weighted by Gasteiger charge is -2.34. The second-order valence-corrected chi connectivity index (χ2v) is 9.34. The van der Waals surface area contributed by atoms with Crippen molar-refractivity contribution in [1.82, 2.24) is 24.8 Å². The van der Waals surface area contributed by atoms with Gasteiger partial charge in [0.05, 0.1) is 18.4 Å². The number of fused-ring (bicyclic) bond motifs is 1. The lowest BCUT2D eigenvalue weighted by atomic mass is 9.95. The third-order valence-corrected chi connectivity index (χ3v) is 7.14. The predicted octanol–water partition coefficient (Wildman–Crippen LogP) is 3.17. The molecule has 2 fully saturated rings. The van der Waals surface area contributed by atoms with Crippen LogP contribution in [0.5, 0.6) is 0 Å². The number of halogens is 1. The Labute approximate surface area is 184 Å². The third-order valence-electron chi connectivity index (χ3n) is 6.15. The zero-order valence-electron chi connectivity index (χ0n) is 17.5. The van der Waals surface area contributed by atoms with E-state index in [0.29, 0.717) is 12.6 Å². The maximum absolute atomic E-state index is 13.1. The second kappa shape index (κ2) is 8.92. The van der Waals surface area contributed by atoms with Crippen molar-refractivity contribution in [3.05, 3.63) is 36.3 Å². The summed E-state index contributed by atoms with van der Waals surface area (Å²) in [6, 6.07) is 6.71. The van der Waals surface area contributed by atoms with Crippen LogP contribution in [0, 0.1) is 5.82 Å². The van der Waals surface area contributed by atoms with Crippen LogP contribution >= 0.6 is 11.3 Å². The Hall–Kier alpha value is -2.52. The monoisotopic (exact) mass is 442 g/mol. The molecule has 1 amide bonds. The Bertz CT molecular complexity index is 1000. The van der Waals surface area contributed by atoms with Gasteiger partial charge in [0.2, 0.25) is 16.0 Å². The molecule has 1 saturated carbocycles. The molecule has 0 unspecified atom stereocenters. The maximum Gasteiger partial charge on any atom is 0.234 e. The molecule has 9 heteroatoms. The number of carbonyl (C=O) groups is 1. The van der Waals surface area contributed by atoms with E-state index in [1.165, 1.54) is 31.4 Å². The molecule has 1 N–H and O–H groups in total. The average molecular weight is 443 g/mol. The minimum atomic E-state index is -0.254. The number of rotatable bonds is 5. The first-order chi connectivity index (χ1) is 15.1. The zero-order chi connectivity index (χ0) is 21.2. The Morgan fingerprint density at radius 1 is 1.10 bits per heavy atom. The summed E-state index contributed by atoms with van der Waals surface area (Å²) in [6.45, 7) is 3.87. The molecule has 2 aliphatic rings. The molecule has 3 heterocycles. The fourth-order valence-corrected chi connectivity index (χ4v) is 5.33. The highest BCUT2D eigenvalue weighted by atomic mass is 32.1. The number of carbonyl (C=O) groups excluding carboxylic acids is 1. The number of imidazole rings is 1. The molecule has 2 aromatic heterocycles. The Morgan fingerprint density at radius 2 is 1.84 bits per heavy atom. The number of amides is 1. The summed E-state index contributed by atoms with van der Waals surface area (Å²) in [7, 11) is 0. The van der Waals surface area contributed by atoms with Crippen molar-refractivity contribution >= 4 is 27.3 Å². The molecular weight excluding hydrogens is 415 g/mol. The minimum absolute atomic E-state index is 0.154. The van der Waals surface area contributed by atoms with Crippen molar-refractivity contribution in [3.63, 3.8) is 0 Å². The molecule has 164 valence electrons. The number of hydrogen-bond acceptors (Lipinski definition) is 6. The molecule has 0 spiro atoms. The van der Waals surface area contributed by atoms with E-state index in [1.807, 2.05) is 6.20 Å². The summed E-state index contributed by atoms with van der Waals surface area (Å²) in [5, 5.41) is 8.84. The van der Waals surface area contributed by atoms with Gasteiger partial charge in [-0.1, -0.05) is 30.6 Å². The first-order valence-electron chi connectivity index (χ1n) is 11.0. The lowest BCUT2D eigenvalue weighted by Crippen LogP contribution is -2.50. The summed E-state index contributed by atoms with van der Waals surface area (Å²) in [6.07, 6.45) is 7.87. The smallest absolute Gasteiger partial charge is 0.234 e. The van der Waals surface area contributed by atoms with Crippen molar-refractivity contribution in [2.45, 2.75) is 38.1 Å². The van der Waals surface area contributed by atoms with Crippen LogP contribution in [-0.2, 0) is 4.79 Å². The molecule has 0 radical (unpaired) electrons. The quantitative estimate of drug-likeness (QED) is 0.658. The largest absolute Gasteiger partial charge is 0.352 e. The van der Waals surface area contributed by atoms with Crippen LogP contribution in [0.25, 0.3) is 16.2 Å². The lowest BCUT2D eigenvalue weighted by molar-refractivity contribution is -0.123.